The van der Waals surface area contributed by atoms with Crippen molar-refractivity contribution in [3.63, 3.8) is 0 Å². The third kappa shape index (κ3) is 4.00. The lowest BCUT2D eigenvalue weighted by Gasteiger charge is -2.11. The second-order valence-corrected chi connectivity index (χ2v) is 5.92. The number of ether oxygens (including phenoxy) is 1. The van der Waals surface area contributed by atoms with Crippen molar-refractivity contribution in [1.82, 2.24) is 5.43 Å². The summed E-state index contributed by atoms with van der Waals surface area (Å²) in [5.41, 5.74) is 3.56. The Morgan fingerprint density at radius 3 is 2.76 bits per heavy atom. The Labute approximate surface area is 136 Å². The maximum absolute atomic E-state index is 11.4. The number of nitrogen functional groups attached to an aromatic ring is 1. The van der Waals surface area contributed by atoms with E-state index in [9.17, 15) is 4.79 Å². The van der Waals surface area contributed by atoms with Crippen molar-refractivity contribution in [1.29, 1.82) is 0 Å². The van der Waals surface area contributed by atoms with E-state index in [4.69, 9.17) is 10.6 Å². The number of benzene rings is 2. The summed E-state index contributed by atoms with van der Waals surface area (Å²) < 4.78 is 6.66. The Kier molecular flexibility index (Phi) is 5.67. The van der Waals surface area contributed by atoms with Crippen molar-refractivity contribution in [3.05, 3.63) is 58.1 Å². The van der Waals surface area contributed by atoms with E-state index in [0.29, 0.717) is 12.2 Å². The second kappa shape index (κ2) is 7.49. The predicted molar refractivity (Wildman–Crippen MR) is 88.4 cm³/mol. The van der Waals surface area contributed by atoms with Gasteiger partial charge in [0.15, 0.2) is 0 Å². The molecule has 2 rings (SSSR count). The minimum atomic E-state index is -0.323. The standard InChI is InChI=1S/C15H15BrN2O2S/c1-21-14-5-3-2-4-13(14)20-9-11-7-6-10(8-12(11)16)15(19)18-17/h2-8H,9,17H2,1H3,(H,18,19). The van der Waals surface area contributed by atoms with Crippen LogP contribution in [0.4, 0.5) is 0 Å². The number of nitrogens with one attached hydrogen (secondary N) is 1. The molecule has 21 heavy (non-hydrogen) atoms. The first-order valence-corrected chi connectivity index (χ1v) is 8.22. The molecule has 0 unspecified atom stereocenters. The average Bonchev–Trinajstić information content (AvgIpc) is 2.53. The van der Waals surface area contributed by atoms with Gasteiger partial charge in [-0.05, 0) is 30.5 Å². The van der Waals surface area contributed by atoms with Crippen molar-refractivity contribution in [2.24, 2.45) is 5.84 Å². The third-order valence-electron chi connectivity index (χ3n) is 2.90. The van der Waals surface area contributed by atoms with Crippen LogP contribution in [0.2, 0.25) is 0 Å². The molecule has 0 radical (unpaired) electrons. The van der Waals surface area contributed by atoms with Crippen molar-refractivity contribution >= 4 is 33.6 Å². The molecule has 2 aromatic rings. The summed E-state index contributed by atoms with van der Waals surface area (Å²) in [5.74, 6) is 5.64. The summed E-state index contributed by atoms with van der Waals surface area (Å²) in [4.78, 5) is 12.5. The van der Waals surface area contributed by atoms with Crippen molar-refractivity contribution in [3.8, 4) is 5.75 Å². The minimum Gasteiger partial charge on any atom is -0.488 e. The first-order valence-electron chi connectivity index (χ1n) is 6.21. The topological polar surface area (TPSA) is 64.3 Å². The Morgan fingerprint density at radius 2 is 2.10 bits per heavy atom. The highest BCUT2D eigenvalue weighted by Gasteiger charge is 2.08. The quantitative estimate of drug-likeness (QED) is 0.368. The zero-order valence-corrected chi connectivity index (χ0v) is 13.8. The summed E-state index contributed by atoms with van der Waals surface area (Å²) in [6, 6.07) is 13.2. The highest BCUT2D eigenvalue weighted by atomic mass is 79.9. The molecule has 0 saturated carbocycles. The Balaban J connectivity index is 2.12. The molecule has 0 fully saturated rings. The molecule has 0 heterocycles. The Hall–Kier alpha value is -1.50. The van der Waals surface area contributed by atoms with E-state index >= 15 is 0 Å². The van der Waals surface area contributed by atoms with Crippen LogP contribution in [-0.2, 0) is 6.61 Å². The average molecular weight is 367 g/mol. The van der Waals surface area contributed by atoms with Crippen molar-refractivity contribution in [2.45, 2.75) is 11.5 Å². The highest BCUT2D eigenvalue weighted by Crippen LogP contribution is 2.28. The van der Waals surface area contributed by atoms with Gasteiger partial charge in [-0.15, -0.1) is 11.8 Å². The van der Waals surface area contributed by atoms with Crippen LogP contribution in [0.3, 0.4) is 0 Å². The van der Waals surface area contributed by atoms with Crippen LogP contribution in [0.15, 0.2) is 51.8 Å². The van der Waals surface area contributed by atoms with Crippen LogP contribution < -0.4 is 16.0 Å². The summed E-state index contributed by atoms with van der Waals surface area (Å²) in [6.07, 6.45) is 2.01. The molecule has 0 saturated heterocycles. The Morgan fingerprint density at radius 1 is 1.33 bits per heavy atom. The maximum Gasteiger partial charge on any atom is 0.265 e. The van der Waals surface area contributed by atoms with E-state index in [1.165, 1.54) is 0 Å². The van der Waals surface area contributed by atoms with Gasteiger partial charge in [0.1, 0.15) is 12.4 Å². The van der Waals surface area contributed by atoms with Gasteiger partial charge >= 0.3 is 0 Å². The molecular formula is C15H15BrN2O2S. The molecule has 0 atom stereocenters. The van der Waals surface area contributed by atoms with Gasteiger partial charge in [-0.1, -0.05) is 34.1 Å². The van der Waals surface area contributed by atoms with Gasteiger partial charge in [0.2, 0.25) is 0 Å². The summed E-state index contributed by atoms with van der Waals surface area (Å²) in [5, 5.41) is 0. The molecule has 0 bridgehead atoms. The molecule has 0 aliphatic carbocycles. The van der Waals surface area contributed by atoms with Gasteiger partial charge in [0, 0.05) is 20.5 Å². The van der Waals surface area contributed by atoms with Crippen LogP contribution in [0.5, 0.6) is 5.75 Å². The van der Waals surface area contributed by atoms with E-state index in [2.05, 4.69) is 21.4 Å². The number of hydrogen-bond donors (Lipinski definition) is 2. The first kappa shape index (κ1) is 15.9. The van der Waals surface area contributed by atoms with E-state index in [1.54, 1.807) is 23.9 Å². The van der Waals surface area contributed by atoms with E-state index < -0.39 is 0 Å². The predicted octanol–water partition coefficient (Wildman–Crippen LogP) is 3.35. The van der Waals surface area contributed by atoms with Crippen LogP contribution >= 0.6 is 27.7 Å². The lowest BCUT2D eigenvalue weighted by molar-refractivity contribution is 0.0953. The number of amides is 1. The molecule has 2 aromatic carbocycles. The van der Waals surface area contributed by atoms with E-state index in [0.717, 1.165) is 20.7 Å². The van der Waals surface area contributed by atoms with Gasteiger partial charge in [-0.3, -0.25) is 10.2 Å². The number of carbonyl (C=O) groups excluding carboxylic acids is 1. The number of carbonyl (C=O) groups is 1. The molecule has 4 nitrogen and oxygen atoms in total. The summed E-state index contributed by atoms with van der Waals surface area (Å²) in [6.45, 7) is 0.419. The zero-order chi connectivity index (χ0) is 15.2. The molecular weight excluding hydrogens is 352 g/mol. The fraction of sp³-hybridized carbons (Fsp3) is 0.133. The number of rotatable bonds is 5. The number of nitrogens with two attached hydrogens (primary N) is 1. The smallest absolute Gasteiger partial charge is 0.265 e. The van der Waals surface area contributed by atoms with Crippen LogP contribution in [0, 0.1) is 0 Å². The van der Waals surface area contributed by atoms with Crippen molar-refractivity contribution in [2.75, 3.05) is 6.26 Å². The summed E-state index contributed by atoms with van der Waals surface area (Å²) >= 11 is 5.09. The van der Waals surface area contributed by atoms with Gasteiger partial charge in [0.25, 0.3) is 5.91 Å². The lowest BCUT2D eigenvalue weighted by atomic mass is 10.1. The molecule has 0 spiro atoms. The molecule has 0 aliphatic heterocycles. The van der Waals surface area contributed by atoms with Crippen LogP contribution in [0.25, 0.3) is 0 Å². The SMILES string of the molecule is CSc1ccccc1OCc1ccc(C(=O)NN)cc1Br. The molecule has 3 N–H and O–H groups in total. The fourth-order valence-corrected chi connectivity index (χ4v) is 2.82. The fourth-order valence-electron chi connectivity index (χ4n) is 1.78. The number of halogens is 1. The minimum absolute atomic E-state index is 0.323. The number of para-hydroxylation sites is 1. The van der Waals surface area contributed by atoms with Gasteiger partial charge in [0.05, 0.1) is 0 Å². The second-order valence-electron chi connectivity index (χ2n) is 4.22. The Bertz CT molecular complexity index is 649. The third-order valence-corrected chi connectivity index (χ3v) is 4.41. The molecule has 6 heteroatoms. The van der Waals surface area contributed by atoms with Crippen molar-refractivity contribution < 1.29 is 9.53 Å². The first-order chi connectivity index (χ1) is 10.2. The number of hydrogen-bond acceptors (Lipinski definition) is 4. The normalized spacial score (nSPS) is 10.2. The highest BCUT2D eigenvalue weighted by molar-refractivity contribution is 9.10. The van der Waals surface area contributed by atoms with Gasteiger partial charge in [-0.2, -0.15) is 0 Å². The van der Waals surface area contributed by atoms with Crippen LogP contribution in [0.1, 0.15) is 15.9 Å². The largest absolute Gasteiger partial charge is 0.488 e. The summed E-state index contributed by atoms with van der Waals surface area (Å²) in [7, 11) is 0. The monoisotopic (exact) mass is 366 g/mol. The van der Waals surface area contributed by atoms with E-state index in [1.807, 2.05) is 36.6 Å². The lowest BCUT2D eigenvalue weighted by Crippen LogP contribution is -2.29. The zero-order valence-electron chi connectivity index (χ0n) is 11.4. The maximum atomic E-state index is 11.4. The molecule has 1 amide bonds. The molecule has 0 aliphatic rings. The number of thioether (sulfide) groups is 1. The molecule has 0 aromatic heterocycles. The molecule has 110 valence electrons. The van der Waals surface area contributed by atoms with Gasteiger partial charge in [-0.25, -0.2) is 5.84 Å². The number of hydrazine groups is 1. The van der Waals surface area contributed by atoms with E-state index in [-0.39, 0.29) is 5.91 Å². The van der Waals surface area contributed by atoms with Crippen LogP contribution in [-0.4, -0.2) is 12.2 Å². The van der Waals surface area contributed by atoms with Gasteiger partial charge < -0.3 is 4.74 Å².